The van der Waals surface area contributed by atoms with Crippen molar-refractivity contribution < 1.29 is 9.90 Å². The molecule has 0 bridgehead atoms. The van der Waals surface area contributed by atoms with E-state index < -0.39 is 0 Å². The summed E-state index contributed by atoms with van der Waals surface area (Å²) in [7, 11) is 0. The third-order valence-electron chi connectivity index (χ3n) is 5.71. The second-order valence-corrected chi connectivity index (χ2v) is 7.06. The van der Waals surface area contributed by atoms with E-state index >= 15 is 0 Å². The molecule has 23 heavy (non-hydrogen) atoms. The average molecular weight is 312 g/mol. The highest BCUT2D eigenvalue weighted by Gasteiger charge is 2.40. The second-order valence-electron chi connectivity index (χ2n) is 7.06. The number of likely N-dealkylation sites (tertiary alicyclic amines) is 1. The molecule has 122 valence electrons. The van der Waals surface area contributed by atoms with Crippen molar-refractivity contribution in [3.05, 3.63) is 35.0 Å². The lowest BCUT2D eigenvalue weighted by molar-refractivity contribution is 0.0571. The molecule has 4 rings (SSSR count). The highest BCUT2D eigenvalue weighted by Crippen LogP contribution is 2.45. The summed E-state index contributed by atoms with van der Waals surface area (Å²) in [5.74, 6) is 0.808. The van der Waals surface area contributed by atoms with Crippen molar-refractivity contribution in [3.63, 3.8) is 0 Å². The molecular weight excluding hydrogens is 288 g/mol. The fourth-order valence-corrected chi connectivity index (χ4v) is 4.79. The number of rotatable bonds is 4. The molecule has 4 heteroatoms. The van der Waals surface area contributed by atoms with E-state index in [1.807, 2.05) is 0 Å². The SMILES string of the molecule is CCCN1C[C@H](CO)C[C@@H]2c3cccc4[nH]c(C=O)c(c34)C[C@H]21. The van der Waals surface area contributed by atoms with Crippen molar-refractivity contribution in [1.29, 1.82) is 0 Å². The van der Waals surface area contributed by atoms with Crippen LogP contribution >= 0.6 is 0 Å². The summed E-state index contributed by atoms with van der Waals surface area (Å²) >= 11 is 0. The van der Waals surface area contributed by atoms with Crippen LogP contribution in [0.2, 0.25) is 0 Å². The van der Waals surface area contributed by atoms with Gasteiger partial charge in [-0.2, -0.15) is 0 Å². The lowest BCUT2D eigenvalue weighted by Gasteiger charge is -2.47. The number of aromatic amines is 1. The molecular formula is C19H24N2O2. The molecule has 0 amide bonds. The number of fused-ring (bicyclic) bond motifs is 2. The van der Waals surface area contributed by atoms with Gasteiger partial charge in [0.25, 0.3) is 0 Å². The van der Waals surface area contributed by atoms with Crippen LogP contribution in [0.25, 0.3) is 10.9 Å². The van der Waals surface area contributed by atoms with E-state index in [-0.39, 0.29) is 6.61 Å². The maximum Gasteiger partial charge on any atom is 0.166 e. The van der Waals surface area contributed by atoms with Crippen LogP contribution in [0.1, 0.15) is 47.3 Å². The van der Waals surface area contributed by atoms with Gasteiger partial charge in [-0.25, -0.2) is 0 Å². The molecule has 1 aromatic heterocycles. The van der Waals surface area contributed by atoms with Gasteiger partial charge < -0.3 is 10.1 Å². The van der Waals surface area contributed by atoms with E-state index in [9.17, 15) is 9.90 Å². The number of carbonyl (C=O) groups is 1. The number of aldehydes is 1. The largest absolute Gasteiger partial charge is 0.396 e. The van der Waals surface area contributed by atoms with Gasteiger partial charge in [0, 0.05) is 36.0 Å². The van der Waals surface area contributed by atoms with Crippen LogP contribution in [-0.2, 0) is 6.42 Å². The van der Waals surface area contributed by atoms with Crippen LogP contribution in [-0.4, -0.2) is 47.0 Å². The number of nitrogens with zero attached hydrogens (tertiary/aromatic N) is 1. The molecule has 2 N–H and O–H groups in total. The van der Waals surface area contributed by atoms with Crippen molar-refractivity contribution in [1.82, 2.24) is 9.88 Å². The van der Waals surface area contributed by atoms with E-state index in [1.54, 1.807) is 0 Å². The minimum absolute atomic E-state index is 0.263. The number of aromatic nitrogens is 1. The monoisotopic (exact) mass is 312 g/mol. The highest BCUT2D eigenvalue weighted by molar-refractivity contribution is 5.95. The van der Waals surface area contributed by atoms with Crippen molar-refractivity contribution in [2.45, 2.75) is 38.1 Å². The molecule has 1 fully saturated rings. The predicted octanol–water partition coefficient (Wildman–Crippen LogP) is 2.71. The van der Waals surface area contributed by atoms with Crippen LogP contribution in [0.5, 0.6) is 0 Å². The Kier molecular flexibility index (Phi) is 3.74. The molecule has 3 atom stereocenters. The number of aliphatic hydroxyl groups is 1. The molecule has 2 aliphatic rings. The van der Waals surface area contributed by atoms with Gasteiger partial charge in [-0.1, -0.05) is 19.1 Å². The Morgan fingerprint density at radius 2 is 2.30 bits per heavy atom. The minimum Gasteiger partial charge on any atom is -0.396 e. The topological polar surface area (TPSA) is 56.3 Å². The summed E-state index contributed by atoms with van der Waals surface area (Å²) in [5, 5.41) is 11.0. The molecule has 0 spiro atoms. The zero-order valence-electron chi connectivity index (χ0n) is 13.6. The Morgan fingerprint density at radius 1 is 1.43 bits per heavy atom. The number of aliphatic hydroxyl groups excluding tert-OH is 1. The summed E-state index contributed by atoms with van der Waals surface area (Å²) < 4.78 is 0. The summed E-state index contributed by atoms with van der Waals surface area (Å²) in [6.45, 7) is 4.50. The fourth-order valence-electron chi connectivity index (χ4n) is 4.79. The number of benzene rings is 1. The molecule has 2 heterocycles. The fraction of sp³-hybridized carbons (Fsp3) is 0.526. The molecule has 1 aromatic carbocycles. The van der Waals surface area contributed by atoms with E-state index in [0.717, 1.165) is 49.8 Å². The molecule has 0 radical (unpaired) electrons. The number of nitrogens with one attached hydrogen (secondary N) is 1. The molecule has 1 aliphatic carbocycles. The summed E-state index contributed by atoms with van der Waals surface area (Å²) in [5.41, 5.74) is 4.37. The van der Waals surface area contributed by atoms with Crippen molar-refractivity contribution >= 4 is 17.2 Å². The maximum absolute atomic E-state index is 11.5. The number of carbonyl (C=O) groups excluding carboxylic acids is 1. The van der Waals surface area contributed by atoms with E-state index in [4.69, 9.17) is 0 Å². The summed E-state index contributed by atoms with van der Waals surface area (Å²) in [6, 6.07) is 6.81. The predicted molar refractivity (Wildman–Crippen MR) is 91.0 cm³/mol. The van der Waals surface area contributed by atoms with Gasteiger partial charge in [0.05, 0.1) is 5.69 Å². The van der Waals surface area contributed by atoms with Gasteiger partial charge in [0.15, 0.2) is 6.29 Å². The number of hydrogen-bond donors (Lipinski definition) is 2. The minimum atomic E-state index is 0.263. The Hall–Kier alpha value is -1.65. The van der Waals surface area contributed by atoms with Crippen molar-refractivity contribution in [3.8, 4) is 0 Å². The number of H-pyrrole nitrogens is 1. The van der Waals surface area contributed by atoms with Crippen LogP contribution in [0.15, 0.2) is 18.2 Å². The van der Waals surface area contributed by atoms with Crippen LogP contribution < -0.4 is 0 Å². The lowest BCUT2D eigenvalue weighted by Crippen LogP contribution is -2.50. The van der Waals surface area contributed by atoms with Gasteiger partial charge in [0.2, 0.25) is 0 Å². The van der Waals surface area contributed by atoms with E-state index in [2.05, 4.69) is 35.0 Å². The van der Waals surface area contributed by atoms with Crippen molar-refractivity contribution in [2.24, 2.45) is 5.92 Å². The highest BCUT2D eigenvalue weighted by atomic mass is 16.3. The number of piperidine rings is 1. The standard InChI is InChI=1S/C19H24N2O2/c1-2-6-21-9-12(10-22)7-14-13-4-3-5-16-19(13)15(8-18(14)21)17(11-23)20-16/h3-5,11-12,14,18,20,22H,2,6-10H2,1H3/t12-,14-,18-/m1/s1. The Labute approximate surface area is 136 Å². The molecule has 1 saturated heterocycles. The molecule has 0 saturated carbocycles. The number of hydrogen-bond acceptors (Lipinski definition) is 3. The third-order valence-corrected chi connectivity index (χ3v) is 5.71. The van der Waals surface area contributed by atoms with Crippen LogP contribution in [0.4, 0.5) is 0 Å². The Balaban J connectivity index is 1.85. The summed E-state index contributed by atoms with van der Waals surface area (Å²) in [4.78, 5) is 17.3. The zero-order valence-corrected chi connectivity index (χ0v) is 13.6. The maximum atomic E-state index is 11.5. The first-order valence-corrected chi connectivity index (χ1v) is 8.70. The molecule has 2 aromatic rings. The first-order valence-electron chi connectivity index (χ1n) is 8.70. The summed E-state index contributed by atoms with van der Waals surface area (Å²) in [6.07, 6.45) is 4.06. The van der Waals surface area contributed by atoms with Gasteiger partial charge in [-0.3, -0.25) is 9.69 Å². The Bertz CT molecular complexity index is 736. The molecule has 0 unspecified atom stereocenters. The van der Waals surface area contributed by atoms with E-state index in [0.29, 0.717) is 17.9 Å². The quantitative estimate of drug-likeness (QED) is 0.854. The second kappa shape index (κ2) is 5.77. The third kappa shape index (κ3) is 2.24. The van der Waals surface area contributed by atoms with Gasteiger partial charge in [-0.05, 0) is 48.9 Å². The van der Waals surface area contributed by atoms with Crippen molar-refractivity contribution in [2.75, 3.05) is 19.7 Å². The molecule has 1 aliphatic heterocycles. The smallest absolute Gasteiger partial charge is 0.166 e. The first kappa shape index (κ1) is 14.9. The van der Waals surface area contributed by atoms with Gasteiger partial charge >= 0.3 is 0 Å². The Morgan fingerprint density at radius 3 is 3.04 bits per heavy atom. The molecule has 4 nitrogen and oxygen atoms in total. The van der Waals surface area contributed by atoms with Crippen LogP contribution in [0, 0.1) is 5.92 Å². The average Bonchev–Trinajstić information content (AvgIpc) is 2.95. The van der Waals surface area contributed by atoms with Crippen LogP contribution in [0.3, 0.4) is 0 Å². The van der Waals surface area contributed by atoms with Gasteiger partial charge in [-0.15, -0.1) is 0 Å². The normalized spacial score (nSPS) is 27.1. The van der Waals surface area contributed by atoms with Gasteiger partial charge in [0.1, 0.15) is 0 Å². The van der Waals surface area contributed by atoms with E-state index in [1.165, 1.54) is 16.5 Å². The lowest BCUT2D eigenvalue weighted by atomic mass is 9.72. The first-order chi connectivity index (χ1) is 11.3. The zero-order chi connectivity index (χ0) is 16.0.